The van der Waals surface area contributed by atoms with Gasteiger partial charge >= 0.3 is 5.76 Å². The zero-order valence-corrected chi connectivity index (χ0v) is 7.65. The summed E-state index contributed by atoms with van der Waals surface area (Å²) < 4.78 is 26.4. The first-order chi connectivity index (χ1) is 6.44. The van der Waals surface area contributed by atoms with Crippen LogP contribution in [-0.4, -0.2) is 19.4 Å². The molecule has 78 valence electrons. The molecule has 0 radical (unpaired) electrons. The fourth-order valence-electron chi connectivity index (χ4n) is 0.806. The number of nitrogens with two attached hydrogens (primary N) is 1. The molecule has 1 amide bonds. The van der Waals surface area contributed by atoms with Gasteiger partial charge in [0.05, 0.1) is 0 Å². The molecule has 14 heavy (non-hydrogen) atoms. The smallest absolute Gasteiger partial charge is 0.414 e. The summed E-state index contributed by atoms with van der Waals surface area (Å²) in [5.41, 5.74) is 0. The van der Waals surface area contributed by atoms with Crippen molar-refractivity contribution >= 4 is 22.3 Å². The molecular weight excluding hydrogens is 214 g/mol. The van der Waals surface area contributed by atoms with Crippen molar-refractivity contribution in [3.05, 3.63) is 16.8 Å². The molecule has 8 nitrogen and oxygen atoms in total. The van der Waals surface area contributed by atoms with Gasteiger partial charge in [-0.1, -0.05) is 0 Å². The molecule has 1 heterocycles. The highest BCUT2D eigenvalue weighted by molar-refractivity contribution is 7.88. The van der Waals surface area contributed by atoms with Gasteiger partial charge in [-0.2, -0.15) is 0 Å². The largest absolute Gasteiger partial charge is 0.421 e. The van der Waals surface area contributed by atoms with Crippen molar-refractivity contribution in [3.63, 3.8) is 0 Å². The maximum atomic E-state index is 10.9. The van der Waals surface area contributed by atoms with Crippen LogP contribution in [0, 0.1) is 0 Å². The maximum Gasteiger partial charge on any atom is 0.421 e. The second-order valence-electron chi connectivity index (χ2n) is 2.37. The fraction of sp³-hybridized carbons (Fsp3) is 0.200. The first-order valence-electron chi connectivity index (χ1n) is 3.33. The highest BCUT2D eigenvalue weighted by Crippen LogP contribution is 2.03. The number of anilines is 1. The van der Waals surface area contributed by atoms with Crippen molar-refractivity contribution < 1.29 is 17.6 Å². The lowest BCUT2D eigenvalue weighted by Gasteiger charge is -2.01. The molecule has 0 atom stereocenters. The van der Waals surface area contributed by atoms with Crippen LogP contribution in [0.4, 0.5) is 5.82 Å². The summed E-state index contributed by atoms with van der Waals surface area (Å²) in [5.74, 6) is -1.74. The molecule has 9 heteroatoms. The van der Waals surface area contributed by atoms with Gasteiger partial charge in [-0.05, 0) is 0 Å². The molecule has 0 saturated carbocycles. The van der Waals surface area contributed by atoms with Crippen molar-refractivity contribution in [2.75, 3.05) is 5.32 Å². The normalized spacial score (nSPS) is 11.2. The fourth-order valence-corrected chi connectivity index (χ4v) is 1.41. The van der Waals surface area contributed by atoms with E-state index in [-0.39, 0.29) is 12.2 Å². The lowest BCUT2D eigenvalue weighted by atomic mass is 10.7. The monoisotopic (exact) mass is 221 g/mol. The number of nitrogens with zero attached hydrogens (tertiary/aromatic N) is 1. The number of carbonyl (C=O) groups excluding carboxylic acids is 1. The minimum atomic E-state index is -3.86. The third-order valence-corrected chi connectivity index (χ3v) is 1.92. The highest BCUT2D eigenvalue weighted by atomic mass is 32.2. The molecule has 0 unspecified atom stereocenters. The van der Waals surface area contributed by atoms with Crippen LogP contribution in [-0.2, 0) is 20.7 Å². The molecule has 0 aliphatic heterocycles. The standard InChI is InChI=1S/C5H7N3O5S/c6-14(11,12)3-8-4(7-2-9)1-13-5(8)10/h1-2H,3H2,(H,7,9)(H2,6,11,12). The Morgan fingerprint density at radius 1 is 1.64 bits per heavy atom. The molecule has 0 saturated heterocycles. The minimum absolute atomic E-state index is 0.0703. The predicted molar refractivity (Wildman–Crippen MR) is 45.8 cm³/mol. The van der Waals surface area contributed by atoms with Crippen LogP contribution in [0.1, 0.15) is 0 Å². The Hall–Kier alpha value is -1.61. The van der Waals surface area contributed by atoms with E-state index >= 15 is 0 Å². The van der Waals surface area contributed by atoms with Gasteiger partial charge in [0.2, 0.25) is 16.4 Å². The minimum Gasteiger partial charge on any atom is -0.414 e. The van der Waals surface area contributed by atoms with E-state index in [1.54, 1.807) is 0 Å². The van der Waals surface area contributed by atoms with E-state index in [1.807, 2.05) is 0 Å². The van der Waals surface area contributed by atoms with Crippen molar-refractivity contribution in [3.8, 4) is 0 Å². The van der Waals surface area contributed by atoms with Crippen LogP contribution >= 0.6 is 0 Å². The van der Waals surface area contributed by atoms with E-state index in [1.165, 1.54) is 0 Å². The van der Waals surface area contributed by atoms with E-state index in [2.05, 4.69) is 9.73 Å². The van der Waals surface area contributed by atoms with Gasteiger partial charge in [-0.25, -0.2) is 22.9 Å². The quantitative estimate of drug-likeness (QED) is 0.583. The summed E-state index contributed by atoms with van der Waals surface area (Å²) in [5, 5.41) is 6.80. The van der Waals surface area contributed by atoms with Gasteiger partial charge in [0.15, 0.2) is 5.82 Å². The molecule has 0 aliphatic carbocycles. The highest BCUT2D eigenvalue weighted by Gasteiger charge is 2.13. The number of sulfonamides is 1. The van der Waals surface area contributed by atoms with Crippen LogP contribution in [0.25, 0.3) is 0 Å². The summed E-state index contributed by atoms with van der Waals surface area (Å²) >= 11 is 0. The zero-order valence-electron chi connectivity index (χ0n) is 6.84. The van der Waals surface area contributed by atoms with Crippen molar-refractivity contribution in [1.29, 1.82) is 0 Å². The first-order valence-corrected chi connectivity index (χ1v) is 5.04. The number of carbonyl (C=O) groups is 1. The van der Waals surface area contributed by atoms with E-state index in [4.69, 9.17) is 5.14 Å². The summed E-state index contributed by atoms with van der Waals surface area (Å²) in [6, 6.07) is 0. The molecule has 3 N–H and O–H groups in total. The predicted octanol–water partition coefficient (Wildman–Crippen LogP) is -1.74. The number of rotatable bonds is 4. The van der Waals surface area contributed by atoms with Gasteiger partial charge in [0.1, 0.15) is 12.1 Å². The molecule has 1 aromatic rings. The van der Waals surface area contributed by atoms with E-state index in [9.17, 15) is 18.0 Å². The number of hydrogen-bond acceptors (Lipinski definition) is 5. The summed E-state index contributed by atoms with van der Waals surface area (Å²) in [7, 11) is -3.86. The third-order valence-electron chi connectivity index (χ3n) is 1.30. The number of nitrogens with one attached hydrogen (secondary N) is 1. The molecule has 0 fully saturated rings. The average Bonchev–Trinajstić information content (AvgIpc) is 2.34. The number of amides is 1. The third kappa shape index (κ3) is 2.44. The summed E-state index contributed by atoms with van der Waals surface area (Å²) in [4.78, 5) is 21.0. The topological polar surface area (TPSA) is 124 Å². The molecule has 1 aromatic heterocycles. The van der Waals surface area contributed by atoms with Gasteiger partial charge in [0, 0.05) is 0 Å². The van der Waals surface area contributed by atoms with Crippen molar-refractivity contribution in [2.24, 2.45) is 5.14 Å². The second-order valence-corrected chi connectivity index (χ2v) is 3.95. The molecule has 0 aromatic carbocycles. The molecule has 0 spiro atoms. The van der Waals surface area contributed by atoms with Crippen LogP contribution in [0.5, 0.6) is 0 Å². The van der Waals surface area contributed by atoms with Crippen molar-refractivity contribution in [1.82, 2.24) is 4.57 Å². The Bertz CT molecular complexity index is 484. The second kappa shape index (κ2) is 3.64. The Morgan fingerprint density at radius 2 is 2.29 bits per heavy atom. The van der Waals surface area contributed by atoms with Crippen LogP contribution in [0.3, 0.4) is 0 Å². The van der Waals surface area contributed by atoms with Gasteiger partial charge in [-0.3, -0.25) is 4.79 Å². The summed E-state index contributed by atoms with van der Waals surface area (Å²) in [6.07, 6.45) is 1.20. The first kappa shape index (κ1) is 10.5. The number of primary sulfonamides is 1. The average molecular weight is 221 g/mol. The Labute approximate surface area is 78.4 Å². The van der Waals surface area contributed by atoms with E-state index in [0.29, 0.717) is 4.57 Å². The van der Waals surface area contributed by atoms with Crippen LogP contribution in [0.15, 0.2) is 15.5 Å². The van der Waals surface area contributed by atoms with E-state index in [0.717, 1.165) is 6.26 Å². The van der Waals surface area contributed by atoms with Gasteiger partial charge in [-0.15, -0.1) is 0 Å². The van der Waals surface area contributed by atoms with Crippen LogP contribution < -0.4 is 16.2 Å². The Balaban J connectivity index is 3.11. The molecule has 1 rings (SSSR count). The molecule has 0 aliphatic rings. The lowest BCUT2D eigenvalue weighted by Crippen LogP contribution is -2.26. The number of oxazole rings is 1. The van der Waals surface area contributed by atoms with E-state index < -0.39 is 21.7 Å². The zero-order chi connectivity index (χ0) is 10.8. The SMILES string of the molecule is NS(=O)(=O)Cn1c(NC=O)coc1=O. The van der Waals surface area contributed by atoms with Crippen LogP contribution in [0.2, 0.25) is 0 Å². The van der Waals surface area contributed by atoms with Crippen molar-refractivity contribution in [2.45, 2.75) is 5.88 Å². The van der Waals surface area contributed by atoms with Gasteiger partial charge < -0.3 is 9.73 Å². The lowest BCUT2D eigenvalue weighted by molar-refractivity contribution is -0.105. The maximum absolute atomic E-state index is 10.9. The Morgan fingerprint density at radius 3 is 2.79 bits per heavy atom. The molecular formula is C5H7N3O5S. The Kier molecular flexibility index (Phi) is 2.72. The number of aromatic nitrogens is 1. The van der Waals surface area contributed by atoms with Gasteiger partial charge in [0.25, 0.3) is 0 Å². The molecule has 0 bridgehead atoms. The summed E-state index contributed by atoms with van der Waals surface area (Å²) in [6.45, 7) is 0. The number of hydrogen-bond donors (Lipinski definition) is 2.